The molecule has 0 heterocycles. The van der Waals surface area contributed by atoms with Crippen LogP contribution in [-0.2, 0) is 0 Å². The highest BCUT2D eigenvalue weighted by Gasteiger charge is 2.21. The van der Waals surface area contributed by atoms with Gasteiger partial charge in [-0.15, -0.1) is 0 Å². The van der Waals surface area contributed by atoms with Gasteiger partial charge >= 0.3 is 5.97 Å². The topological polar surface area (TPSA) is 83.7 Å². The lowest BCUT2D eigenvalue weighted by molar-refractivity contribution is -0.385. The van der Waals surface area contributed by atoms with Crippen molar-refractivity contribution in [1.29, 1.82) is 0 Å². The van der Waals surface area contributed by atoms with E-state index in [9.17, 15) is 14.9 Å². The molecular weight excluding hydrogens is 248 g/mol. The number of nitrogens with zero attached hydrogens (tertiary/aromatic N) is 2. The first kappa shape index (κ1) is 14.9. The van der Waals surface area contributed by atoms with Gasteiger partial charge in [-0.05, 0) is 18.1 Å². The van der Waals surface area contributed by atoms with Gasteiger partial charge in [0.1, 0.15) is 5.56 Å². The van der Waals surface area contributed by atoms with Crippen molar-refractivity contribution in [2.75, 3.05) is 18.5 Å². The second-order valence-corrected chi connectivity index (χ2v) is 4.66. The van der Waals surface area contributed by atoms with E-state index in [1.54, 1.807) is 6.07 Å². The van der Waals surface area contributed by atoms with Gasteiger partial charge in [0.2, 0.25) is 0 Å². The minimum Gasteiger partial charge on any atom is -0.477 e. The second-order valence-electron chi connectivity index (χ2n) is 4.66. The first-order valence-corrected chi connectivity index (χ1v) is 6.09. The summed E-state index contributed by atoms with van der Waals surface area (Å²) in [6.45, 7) is 4.94. The lowest BCUT2D eigenvalue weighted by atomic mass is 10.1. The highest BCUT2D eigenvalue weighted by Crippen LogP contribution is 2.25. The van der Waals surface area contributed by atoms with Crippen molar-refractivity contribution >= 4 is 17.3 Å². The summed E-state index contributed by atoms with van der Waals surface area (Å²) in [5, 5.41) is 19.8. The normalized spacial score (nSPS) is 11.9. The first-order valence-electron chi connectivity index (χ1n) is 6.09. The molecule has 1 unspecified atom stereocenters. The van der Waals surface area contributed by atoms with Gasteiger partial charge in [0.25, 0.3) is 5.69 Å². The van der Waals surface area contributed by atoms with Crippen molar-refractivity contribution in [2.24, 2.45) is 5.92 Å². The van der Waals surface area contributed by atoms with Crippen LogP contribution >= 0.6 is 0 Å². The Hall–Kier alpha value is -2.11. The van der Waals surface area contributed by atoms with Crippen LogP contribution in [0.2, 0.25) is 0 Å². The lowest BCUT2D eigenvalue weighted by Crippen LogP contribution is -2.23. The Labute approximate surface area is 111 Å². The predicted molar refractivity (Wildman–Crippen MR) is 72.8 cm³/mol. The molecule has 0 aliphatic rings. The molecule has 0 amide bonds. The summed E-state index contributed by atoms with van der Waals surface area (Å²) in [5.74, 6) is -0.828. The van der Waals surface area contributed by atoms with Crippen molar-refractivity contribution in [3.05, 3.63) is 33.9 Å². The molecule has 0 aromatic heterocycles. The predicted octanol–water partition coefficient (Wildman–Crippen LogP) is 2.78. The number of nitro benzene ring substituents is 1. The van der Waals surface area contributed by atoms with Crippen molar-refractivity contribution in [1.82, 2.24) is 0 Å². The Morgan fingerprint density at radius 2 is 2.16 bits per heavy atom. The van der Waals surface area contributed by atoms with Gasteiger partial charge in [0.15, 0.2) is 0 Å². The van der Waals surface area contributed by atoms with Crippen molar-refractivity contribution < 1.29 is 14.8 Å². The SMILES string of the molecule is CCC(C)CN(C)c1ccc(C(=O)O)c([N+](=O)[O-])c1. The summed E-state index contributed by atoms with van der Waals surface area (Å²) in [7, 11) is 1.84. The molecule has 0 radical (unpaired) electrons. The summed E-state index contributed by atoms with van der Waals surface area (Å²) < 4.78 is 0. The van der Waals surface area contributed by atoms with Crippen LogP contribution in [0.25, 0.3) is 0 Å². The number of aromatic carboxylic acids is 1. The van der Waals surface area contributed by atoms with E-state index in [2.05, 4.69) is 13.8 Å². The van der Waals surface area contributed by atoms with Gasteiger partial charge in [0, 0.05) is 25.3 Å². The Kier molecular flexibility index (Phi) is 4.86. The van der Waals surface area contributed by atoms with Crippen LogP contribution in [0.1, 0.15) is 30.6 Å². The molecule has 19 heavy (non-hydrogen) atoms. The molecule has 1 N–H and O–H groups in total. The van der Waals surface area contributed by atoms with Gasteiger partial charge in [-0.1, -0.05) is 20.3 Å². The third-order valence-electron chi connectivity index (χ3n) is 3.13. The number of hydrogen-bond acceptors (Lipinski definition) is 4. The summed E-state index contributed by atoms with van der Waals surface area (Å²) in [6.07, 6.45) is 1.01. The van der Waals surface area contributed by atoms with Crippen LogP contribution in [0.15, 0.2) is 18.2 Å². The van der Waals surface area contributed by atoms with Gasteiger partial charge in [-0.25, -0.2) is 4.79 Å². The number of hydrogen-bond donors (Lipinski definition) is 1. The lowest BCUT2D eigenvalue weighted by Gasteiger charge is -2.22. The van der Waals surface area contributed by atoms with Crippen LogP contribution in [0.5, 0.6) is 0 Å². The van der Waals surface area contributed by atoms with Crippen LogP contribution in [0.3, 0.4) is 0 Å². The molecule has 0 aliphatic carbocycles. The molecule has 0 aliphatic heterocycles. The van der Waals surface area contributed by atoms with Crippen LogP contribution in [0.4, 0.5) is 11.4 Å². The largest absolute Gasteiger partial charge is 0.477 e. The molecule has 0 fully saturated rings. The fourth-order valence-corrected chi connectivity index (χ4v) is 1.79. The van der Waals surface area contributed by atoms with Crippen molar-refractivity contribution in [3.8, 4) is 0 Å². The smallest absolute Gasteiger partial charge is 0.342 e. The molecule has 104 valence electrons. The fraction of sp³-hybridized carbons (Fsp3) is 0.462. The third-order valence-corrected chi connectivity index (χ3v) is 3.13. The van der Waals surface area contributed by atoms with E-state index >= 15 is 0 Å². The van der Waals surface area contributed by atoms with Gasteiger partial charge < -0.3 is 10.0 Å². The van der Waals surface area contributed by atoms with Gasteiger partial charge in [-0.2, -0.15) is 0 Å². The van der Waals surface area contributed by atoms with E-state index in [1.165, 1.54) is 12.1 Å². The van der Waals surface area contributed by atoms with E-state index < -0.39 is 10.9 Å². The van der Waals surface area contributed by atoms with Crippen molar-refractivity contribution in [3.63, 3.8) is 0 Å². The molecule has 0 saturated heterocycles. The molecule has 0 bridgehead atoms. The number of anilines is 1. The molecule has 1 aromatic carbocycles. The summed E-state index contributed by atoms with van der Waals surface area (Å²) >= 11 is 0. The molecule has 1 aromatic rings. The minimum atomic E-state index is -1.29. The van der Waals surface area contributed by atoms with Crippen LogP contribution in [-0.4, -0.2) is 29.6 Å². The zero-order valence-electron chi connectivity index (χ0n) is 11.3. The van der Waals surface area contributed by atoms with E-state index in [1.807, 2.05) is 11.9 Å². The molecule has 0 spiro atoms. The fourth-order valence-electron chi connectivity index (χ4n) is 1.79. The number of nitro groups is 1. The number of carboxylic acids is 1. The molecule has 0 saturated carbocycles. The van der Waals surface area contributed by atoms with Crippen molar-refractivity contribution in [2.45, 2.75) is 20.3 Å². The minimum absolute atomic E-state index is 0.286. The third kappa shape index (κ3) is 3.67. The number of benzene rings is 1. The molecule has 1 rings (SSSR count). The Balaban J connectivity index is 3.08. The molecule has 6 nitrogen and oxygen atoms in total. The van der Waals surface area contributed by atoms with Gasteiger partial charge in [-0.3, -0.25) is 10.1 Å². The second kappa shape index (κ2) is 6.17. The Morgan fingerprint density at radius 1 is 1.53 bits per heavy atom. The van der Waals surface area contributed by atoms with Crippen LogP contribution < -0.4 is 4.90 Å². The maximum Gasteiger partial charge on any atom is 0.342 e. The van der Waals surface area contributed by atoms with E-state index in [4.69, 9.17) is 5.11 Å². The zero-order valence-corrected chi connectivity index (χ0v) is 11.3. The number of carbonyl (C=O) groups is 1. The maximum absolute atomic E-state index is 10.9. The summed E-state index contributed by atoms with van der Waals surface area (Å²) in [4.78, 5) is 23.0. The summed E-state index contributed by atoms with van der Waals surface area (Å²) in [5.41, 5.74) is -0.0105. The molecule has 6 heteroatoms. The highest BCUT2D eigenvalue weighted by molar-refractivity contribution is 5.93. The zero-order chi connectivity index (χ0) is 14.6. The van der Waals surface area contributed by atoms with Crippen LogP contribution in [0, 0.1) is 16.0 Å². The quantitative estimate of drug-likeness (QED) is 0.632. The average molecular weight is 266 g/mol. The Bertz CT molecular complexity index is 488. The standard InChI is InChI=1S/C13H18N2O4/c1-4-9(2)8-14(3)10-5-6-11(13(16)17)12(7-10)15(18)19/h5-7,9H,4,8H2,1-3H3,(H,16,17). The Morgan fingerprint density at radius 3 is 2.63 bits per heavy atom. The molecule has 1 atom stereocenters. The van der Waals surface area contributed by atoms with E-state index in [0.29, 0.717) is 11.6 Å². The number of rotatable bonds is 6. The summed E-state index contributed by atoms with van der Waals surface area (Å²) in [6, 6.07) is 4.19. The molecular formula is C13H18N2O4. The van der Waals surface area contributed by atoms with E-state index in [-0.39, 0.29) is 11.3 Å². The van der Waals surface area contributed by atoms with E-state index in [0.717, 1.165) is 13.0 Å². The highest BCUT2D eigenvalue weighted by atomic mass is 16.6. The van der Waals surface area contributed by atoms with Gasteiger partial charge in [0.05, 0.1) is 4.92 Å². The maximum atomic E-state index is 10.9. The number of carboxylic acid groups (broad SMARTS) is 1. The first-order chi connectivity index (χ1) is 8.86. The monoisotopic (exact) mass is 266 g/mol. The average Bonchev–Trinajstić information content (AvgIpc) is 2.37.